The zero-order valence-corrected chi connectivity index (χ0v) is 31.1. The van der Waals surface area contributed by atoms with Gasteiger partial charge in [0.05, 0.1) is 16.8 Å². The molecule has 12 rings (SSSR count). The molecule has 0 atom stereocenters. The van der Waals surface area contributed by atoms with Crippen molar-refractivity contribution in [3.05, 3.63) is 216 Å². The number of thiophene rings is 1. The maximum absolute atomic E-state index is 5.19. The van der Waals surface area contributed by atoms with Crippen LogP contribution in [-0.2, 0) is 5.41 Å². The van der Waals surface area contributed by atoms with Gasteiger partial charge in [0.1, 0.15) is 0 Å². The van der Waals surface area contributed by atoms with Gasteiger partial charge >= 0.3 is 0 Å². The van der Waals surface area contributed by atoms with E-state index < -0.39 is 5.41 Å². The van der Waals surface area contributed by atoms with Crippen molar-refractivity contribution in [1.29, 1.82) is 0 Å². The summed E-state index contributed by atoms with van der Waals surface area (Å²) in [6.07, 6.45) is 0. The van der Waals surface area contributed by atoms with Crippen LogP contribution in [0.15, 0.2) is 194 Å². The van der Waals surface area contributed by atoms with Gasteiger partial charge in [-0.25, -0.2) is 9.97 Å². The first-order valence-corrected chi connectivity index (χ1v) is 20.0. The zero-order chi connectivity index (χ0) is 36.8. The molecule has 3 heteroatoms. The molecule has 56 heavy (non-hydrogen) atoms. The first-order chi connectivity index (χ1) is 27.8. The van der Waals surface area contributed by atoms with E-state index in [0.29, 0.717) is 0 Å². The SMILES string of the molecule is c1ccc(-c2nc(-c3ccc(-c4cccc5c4C4(c6ccccc6-c6ccccc64)c4c-5sc5ccccc45)cc3)cc(-c3cccc4ccccc34)n2)cc1. The molecular formula is C53H32N2S. The van der Waals surface area contributed by atoms with E-state index in [1.165, 1.54) is 75.8 Å². The molecule has 0 amide bonds. The van der Waals surface area contributed by atoms with Gasteiger partial charge in [0, 0.05) is 26.3 Å². The van der Waals surface area contributed by atoms with Gasteiger partial charge in [0.15, 0.2) is 5.82 Å². The van der Waals surface area contributed by atoms with Crippen LogP contribution in [0.3, 0.4) is 0 Å². The minimum atomic E-state index is -0.433. The summed E-state index contributed by atoms with van der Waals surface area (Å²) in [6.45, 7) is 0. The summed E-state index contributed by atoms with van der Waals surface area (Å²) in [5, 5.41) is 3.72. The summed E-state index contributed by atoms with van der Waals surface area (Å²) >= 11 is 1.93. The fourth-order valence-corrected chi connectivity index (χ4v) is 10.9. The summed E-state index contributed by atoms with van der Waals surface area (Å²) < 4.78 is 1.33. The molecule has 8 aromatic carbocycles. The van der Waals surface area contributed by atoms with E-state index in [2.05, 4.69) is 176 Å². The van der Waals surface area contributed by atoms with E-state index in [1.54, 1.807) is 0 Å². The smallest absolute Gasteiger partial charge is 0.160 e. The number of aromatic nitrogens is 2. The molecule has 2 heterocycles. The lowest BCUT2D eigenvalue weighted by Gasteiger charge is -2.32. The zero-order valence-electron chi connectivity index (χ0n) is 30.3. The molecule has 0 saturated carbocycles. The van der Waals surface area contributed by atoms with E-state index in [4.69, 9.17) is 9.97 Å². The van der Waals surface area contributed by atoms with Gasteiger partial charge in [-0.15, -0.1) is 11.3 Å². The second kappa shape index (κ2) is 12.0. The molecule has 0 saturated heterocycles. The van der Waals surface area contributed by atoms with E-state index in [-0.39, 0.29) is 0 Å². The highest BCUT2D eigenvalue weighted by molar-refractivity contribution is 7.22. The minimum absolute atomic E-state index is 0.433. The standard InChI is InChI=1S/C53H32N2S/c1-2-15-36(16-3-1)52-54-46(32-47(55-52)41-23-12-17-33-14-4-5-18-37(33)41)35-30-28-34(29-31-35)38-22-13-24-43-49(38)53(50-42-21-8-11-27-48(42)56-51(43)50)44-25-9-6-19-39(44)40-20-7-10-26-45(40)53/h1-32H. The highest BCUT2D eigenvalue weighted by atomic mass is 32.1. The number of hydrogen-bond donors (Lipinski definition) is 0. The normalized spacial score (nSPS) is 13.1. The second-order valence-electron chi connectivity index (χ2n) is 14.8. The lowest BCUT2D eigenvalue weighted by molar-refractivity contribution is 0.804. The second-order valence-corrected chi connectivity index (χ2v) is 15.9. The van der Waals surface area contributed by atoms with Crippen LogP contribution < -0.4 is 0 Å². The number of nitrogens with zero attached hydrogens (tertiary/aromatic N) is 2. The Labute approximate surface area is 329 Å². The van der Waals surface area contributed by atoms with E-state index in [1.807, 2.05) is 29.5 Å². The average Bonchev–Trinajstić information content (AvgIpc) is 3.90. The van der Waals surface area contributed by atoms with Gasteiger partial charge in [0.25, 0.3) is 0 Å². The third-order valence-corrected chi connectivity index (χ3v) is 13.1. The Morgan fingerprint density at radius 1 is 0.375 bits per heavy atom. The summed E-state index contributed by atoms with van der Waals surface area (Å²) in [5.41, 5.74) is 16.5. The molecule has 2 nitrogen and oxygen atoms in total. The van der Waals surface area contributed by atoms with Gasteiger partial charge in [-0.2, -0.15) is 0 Å². The van der Waals surface area contributed by atoms with Crippen molar-refractivity contribution in [1.82, 2.24) is 9.97 Å². The quantitative estimate of drug-likeness (QED) is 0.180. The Bertz CT molecular complexity index is 3140. The number of fused-ring (bicyclic) bond motifs is 13. The predicted octanol–water partition coefficient (Wildman–Crippen LogP) is 13.9. The van der Waals surface area contributed by atoms with Gasteiger partial charge in [-0.1, -0.05) is 182 Å². The Hall–Kier alpha value is -6.94. The summed E-state index contributed by atoms with van der Waals surface area (Å²) in [5.74, 6) is 0.717. The Balaban J connectivity index is 1.06. The highest BCUT2D eigenvalue weighted by Crippen LogP contribution is 2.67. The van der Waals surface area contributed by atoms with Crippen molar-refractivity contribution in [3.63, 3.8) is 0 Å². The first-order valence-electron chi connectivity index (χ1n) is 19.2. The van der Waals surface area contributed by atoms with E-state index in [0.717, 1.165) is 33.9 Å². The molecule has 2 aliphatic rings. The molecule has 0 N–H and O–H groups in total. The van der Waals surface area contributed by atoms with Crippen LogP contribution in [0.5, 0.6) is 0 Å². The summed E-state index contributed by atoms with van der Waals surface area (Å²) in [7, 11) is 0. The number of rotatable bonds is 4. The van der Waals surface area contributed by atoms with E-state index in [9.17, 15) is 0 Å². The lowest BCUT2D eigenvalue weighted by Crippen LogP contribution is -2.26. The molecule has 0 unspecified atom stereocenters. The molecule has 2 aromatic heterocycles. The fraction of sp³-hybridized carbons (Fsp3) is 0.0189. The third kappa shape index (κ3) is 4.38. The molecule has 10 aromatic rings. The molecule has 0 bridgehead atoms. The molecule has 260 valence electrons. The monoisotopic (exact) mass is 728 g/mol. The summed E-state index contributed by atoms with van der Waals surface area (Å²) in [6, 6.07) is 70.5. The Kier molecular flexibility index (Phi) is 6.75. The predicted molar refractivity (Wildman–Crippen MR) is 233 cm³/mol. The molecule has 0 fully saturated rings. The van der Waals surface area contributed by atoms with Crippen LogP contribution >= 0.6 is 11.3 Å². The van der Waals surface area contributed by atoms with E-state index >= 15 is 0 Å². The van der Waals surface area contributed by atoms with Crippen LogP contribution in [0.25, 0.3) is 87.5 Å². The van der Waals surface area contributed by atoms with Crippen LogP contribution in [0.4, 0.5) is 0 Å². The summed E-state index contributed by atoms with van der Waals surface area (Å²) in [4.78, 5) is 11.7. The van der Waals surface area contributed by atoms with Gasteiger partial charge < -0.3 is 0 Å². The van der Waals surface area contributed by atoms with Crippen molar-refractivity contribution in [3.8, 4) is 66.6 Å². The van der Waals surface area contributed by atoms with Crippen molar-refractivity contribution >= 4 is 32.2 Å². The van der Waals surface area contributed by atoms with Crippen LogP contribution in [0.1, 0.15) is 22.3 Å². The Morgan fingerprint density at radius 2 is 0.946 bits per heavy atom. The van der Waals surface area contributed by atoms with Gasteiger partial charge in [-0.05, 0) is 78.4 Å². The average molecular weight is 729 g/mol. The highest BCUT2D eigenvalue weighted by Gasteiger charge is 2.54. The van der Waals surface area contributed by atoms with Gasteiger partial charge in [0.2, 0.25) is 0 Å². The maximum atomic E-state index is 5.19. The fourth-order valence-electron chi connectivity index (χ4n) is 9.61. The topological polar surface area (TPSA) is 25.8 Å². The first kappa shape index (κ1) is 31.4. The minimum Gasteiger partial charge on any atom is -0.228 e. The molecule has 0 aliphatic heterocycles. The number of hydrogen-bond acceptors (Lipinski definition) is 3. The van der Waals surface area contributed by atoms with Crippen molar-refractivity contribution in [2.45, 2.75) is 5.41 Å². The van der Waals surface area contributed by atoms with Crippen molar-refractivity contribution < 1.29 is 0 Å². The van der Waals surface area contributed by atoms with Crippen molar-refractivity contribution in [2.75, 3.05) is 0 Å². The molecule has 2 aliphatic carbocycles. The number of benzene rings is 8. The molecule has 0 radical (unpaired) electrons. The van der Waals surface area contributed by atoms with Crippen LogP contribution in [0, 0.1) is 0 Å². The lowest BCUT2D eigenvalue weighted by atomic mass is 9.68. The maximum Gasteiger partial charge on any atom is 0.160 e. The third-order valence-electron chi connectivity index (χ3n) is 11.9. The van der Waals surface area contributed by atoms with Crippen LogP contribution in [0.2, 0.25) is 0 Å². The van der Waals surface area contributed by atoms with Crippen LogP contribution in [-0.4, -0.2) is 9.97 Å². The van der Waals surface area contributed by atoms with Gasteiger partial charge in [-0.3, -0.25) is 0 Å². The largest absolute Gasteiger partial charge is 0.228 e. The Morgan fingerprint density at radius 3 is 1.75 bits per heavy atom. The molecule has 1 spiro atoms. The van der Waals surface area contributed by atoms with Crippen molar-refractivity contribution in [2.24, 2.45) is 0 Å². The molecular weight excluding hydrogens is 697 g/mol.